The Morgan fingerprint density at radius 1 is 1.15 bits per heavy atom. The van der Waals surface area contributed by atoms with Crippen LogP contribution in [0.2, 0.25) is 0 Å². The molecular formula is C28H41BN2O8. The van der Waals surface area contributed by atoms with Gasteiger partial charge in [0, 0.05) is 0 Å². The van der Waals surface area contributed by atoms with Gasteiger partial charge in [-0.25, -0.2) is 9.59 Å². The van der Waals surface area contributed by atoms with Crippen LogP contribution in [0.4, 0.5) is 4.79 Å². The average Bonchev–Trinajstić information content (AvgIpc) is 3.22. The van der Waals surface area contributed by atoms with Gasteiger partial charge in [-0.3, -0.25) is 4.79 Å². The summed E-state index contributed by atoms with van der Waals surface area (Å²) in [6.45, 7) is 11.8. The van der Waals surface area contributed by atoms with Crippen molar-refractivity contribution in [3.63, 3.8) is 0 Å². The van der Waals surface area contributed by atoms with Crippen LogP contribution in [0.3, 0.4) is 0 Å². The van der Waals surface area contributed by atoms with E-state index >= 15 is 0 Å². The number of hydrogen-bond donors (Lipinski definition) is 2. The molecule has 1 heterocycles. The molecule has 5 rings (SSSR count). The summed E-state index contributed by atoms with van der Waals surface area (Å²) in [6.07, 6.45) is 1.47. The summed E-state index contributed by atoms with van der Waals surface area (Å²) in [5.41, 5.74) is -0.00814. The summed E-state index contributed by atoms with van der Waals surface area (Å²) in [5.74, 6) is -0.263. The van der Waals surface area contributed by atoms with Crippen LogP contribution in [-0.2, 0) is 30.0 Å². The molecule has 0 spiro atoms. The minimum atomic E-state index is -0.730. The number of carbonyl (C=O) groups excluding carboxylic acids is 3. The highest BCUT2D eigenvalue weighted by atomic mass is 16.7. The molecular weight excluding hydrogens is 503 g/mol. The Morgan fingerprint density at radius 2 is 1.87 bits per heavy atom. The first-order chi connectivity index (χ1) is 18.2. The van der Waals surface area contributed by atoms with Gasteiger partial charge in [0.25, 0.3) is 0 Å². The fraction of sp³-hybridized carbons (Fsp3) is 0.679. The smallest absolute Gasteiger partial charge is 0.482 e. The van der Waals surface area contributed by atoms with E-state index in [-0.39, 0.29) is 24.5 Å². The molecule has 0 aromatic heterocycles. The lowest BCUT2D eigenvalue weighted by Gasteiger charge is -2.64. The fourth-order valence-electron chi connectivity index (χ4n) is 6.49. The number of carbonyl (C=O) groups is 3. The maximum Gasteiger partial charge on any atom is 0.482 e. The van der Waals surface area contributed by atoms with Crippen LogP contribution < -0.4 is 15.4 Å². The SMILES string of the molecule is COC(=O)NCC(=O)NC(Cc1cccc(C(=O)OC(C)(C)C)c1OC)B1OC2CC3CC(C3(C)C)C2(C)O1. The van der Waals surface area contributed by atoms with Gasteiger partial charge in [0.1, 0.15) is 16.9 Å². The number of benzene rings is 1. The zero-order valence-electron chi connectivity index (χ0n) is 24.2. The zero-order chi connectivity index (χ0) is 28.8. The van der Waals surface area contributed by atoms with Gasteiger partial charge in [0.15, 0.2) is 0 Å². The third-order valence-electron chi connectivity index (χ3n) is 8.58. The van der Waals surface area contributed by atoms with Gasteiger partial charge >= 0.3 is 19.2 Å². The topological polar surface area (TPSA) is 121 Å². The Bertz CT molecular complexity index is 1120. The summed E-state index contributed by atoms with van der Waals surface area (Å²) in [4.78, 5) is 37.3. The van der Waals surface area contributed by atoms with Crippen LogP contribution in [0.15, 0.2) is 18.2 Å². The molecule has 10 nitrogen and oxygen atoms in total. The molecule has 11 heteroatoms. The van der Waals surface area contributed by atoms with Crippen molar-refractivity contribution in [1.82, 2.24) is 10.6 Å². The van der Waals surface area contributed by atoms with Crippen LogP contribution in [0.5, 0.6) is 5.75 Å². The largest absolute Gasteiger partial charge is 0.496 e. The first-order valence-electron chi connectivity index (χ1n) is 13.5. The molecule has 2 N–H and O–H groups in total. The highest BCUT2D eigenvalue weighted by molar-refractivity contribution is 6.48. The van der Waals surface area contributed by atoms with E-state index < -0.39 is 42.2 Å². The molecule has 39 heavy (non-hydrogen) atoms. The molecule has 5 atom stereocenters. The molecule has 4 aliphatic rings. The van der Waals surface area contributed by atoms with Crippen molar-refractivity contribution in [3.05, 3.63) is 29.3 Å². The number of methoxy groups -OCH3 is 2. The van der Waals surface area contributed by atoms with Crippen molar-refractivity contribution in [1.29, 1.82) is 0 Å². The van der Waals surface area contributed by atoms with E-state index in [1.165, 1.54) is 14.2 Å². The van der Waals surface area contributed by atoms with Crippen molar-refractivity contribution < 1.29 is 37.9 Å². The van der Waals surface area contributed by atoms with E-state index in [1.807, 2.05) is 6.07 Å². The Morgan fingerprint density at radius 3 is 2.49 bits per heavy atom. The predicted molar refractivity (Wildman–Crippen MR) is 144 cm³/mol. The average molecular weight is 544 g/mol. The highest BCUT2D eigenvalue weighted by Crippen LogP contribution is 2.65. The van der Waals surface area contributed by atoms with Crippen molar-refractivity contribution in [2.75, 3.05) is 20.8 Å². The molecule has 0 radical (unpaired) electrons. The molecule has 1 aromatic rings. The molecule has 5 unspecified atom stereocenters. The summed E-state index contributed by atoms with van der Waals surface area (Å²) in [5, 5.41) is 5.37. The molecule has 2 bridgehead atoms. The van der Waals surface area contributed by atoms with Crippen LogP contribution in [0.25, 0.3) is 0 Å². The van der Waals surface area contributed by atoms with Crippen molar-refractivity contribution in [2.45, 2.75) is 84.1 Å². The molecule has 2 amide bonds. The molecule has 4 fully saturated rings. The second-order valence-electron chi connectivity index (χ2n) is 12.6. The van der Waals surface area contributed by atoms with Crippen LogP contribution in [0.1, 0.15) is 70.3 Å². The fourth-order valence-corrected chi connectivity index (χ4v) is 6.49. The van der Waals surface area contributed by atoms with Gasteiger partial charge in [-0.15, -0.1) is 0 Å². The summed E-state index contributed by atoms with van der Waals surface area (Å²) < 4.78 is 29.0. The minimum absolute atomic E-state index is 0.0816. The minimum Gasteiger partial charge on any atom is -0.496 e. The van der Waals surface area contributed by atoms with E-state index in [9.17, 15) is 14.4 Å². The Kier molecular flexibility index (Phi) is 7.98. The molecule has 1 saturated heterocycles. The maximum absolute atomic E-state index is 12.9. The number of hydrogen-bond acceptors (Lipinski definition) is 8. The monoisotopic (exact) mass is 544 g/mol. The first kappa shape index (κ1) is 29.2. The molecule has 3 saturated carbocycles. The lowest BCUT2D eigenvalue weighted by molar-refractivity contribution is -0.199. The summed E-state index contributed by atoms with van der Waals surface area (Å²) in [6, 6.07) is 5.24. The van der Waals surface area contributed by atoms with Crippen LogP contribution in [0, 0.1) is 17.3 Å². The van der Waals surface area contributed by atoms with Crippen molar-refractivity contribution in [3.8, 4) is 5.75 Å². The number of rotatable bonds is 8. The van der Waals surface area contributed by atoms with Gasteiger partial charge in [0.05, 0.1) is 38.4 Å². The van der Waals surface area contributed by atoms with Gasteiger partial charge in [0.2, 0.25) is 5.91 Å². The zero-order valence-corrected chi connectivity index (χ0v) is 24.2. The van der Waals surface area contributed by atoms with E-state index in [0.29, 0.717) is 28.7 Å². The van der Waals surface area contributed by atoms with Crippen LogP contribution in [-0.4, -0.2) is 69.1 Å². The molecule has 214 valence electrons. The number of nitrogens with one attached hydrogen (secondary N) is 2. The first-order valence-corrected chi connectivity index (χ1v) is 13.5. The summed E-state index contributed by atoms with van der Waals surface area (Å²) >= 11 is 0. The quantitative estimate of drug-likeness (QED) is 0.378. The van der Waals surface area contributed by atoms with Crippen LogP contribution >= 0.6 is 0 Å². The molecule has 1 aliphatic heterocycles. The number of esters is 1. The number of amides is 2. The second kappa shape index (κ2) is 10.7. The Labute approximate surface area is 230 Å². The number of alkyl carbamates (subject to hydrolysis) is 1. The summed E-state index contributed by atoms with van der Waals surface area (Å²) in [7, 11) is 2.00. The normalized spacial score (nSPS) is 27.5. The standard InChI is InChI=1S/C28H41BN2O8/c1-26(2,3)37-24(33)18-11-9-10-16(23(18)35-7)12-21(31-22(32)15-30-25(34)36-8)29-38-20-14-17-13-19(27(17,4)5)28(20,6)39-29/h9-11,17,19-21H,12-15H2,1-8H3,(H,30,34)(H,31,32). The van der Waals surface area contributed by atoms with E-state index in [4.69, 9.17) is 18.8 Å². The van der Waals surface area contributed by atoms with Crippen molar-refractivity contribution >= 4 is 25.1 Å². The maximum atomic E-state index is 12.9. The second-order valence-corrected chi connectivity index (χ2v) is 12.6. The Hall–Kier alpha value is -2.79. The number of para-hydroxylation sites is 1. The van der Waals surface area contributed by atoms with E-state index in [1.54, 1.807) is 32.9 Å². The molecule has 1 aromatic carbocycles. The predicted octanol–water partition coefficient (Wildman–Crippen LogP) is 3.30. The van der Waals surface area contributed by atoms with Gasteiger partial charge in [-0.05, 0) is 75.8 Å². The lowest BCUT2D eigenvalue weighted by atomic mass is 9.43. The third kappa shape index (κ3) is 5.75. The molecule has 3 aliphatic carbocycles. The van der Waals surface area contributed by atoms with E-state index in [2.05, 4.69) is 36.1 Å². The van der Waals surface area contributed by atoms with E-state index in [0.717, 1.165) is 12.8 Å². The van der Waals surface area contributed by atoms with Gasteiger partial charge in [-0.1, -0.05) is 26.0 Å². The van der Waals surface area contributed by atoms with Crippen molar-refractivity contribution in [2.24, 2.45) is 17.3 Å². The highest BCUT2D eigenvalue weighted by Gasteiger charge is 2.68. The Balaban J connectivity index is 1.60. The van der Waals surface area contributed by atoms with Gasteiger partial charge < -0.3 is 34.2 Å². The third-order valence-corrected chi connectivity index (χ3v) is 8.58. The lowest BCUT2D eigenvalue weighted by Crippen LogP contribution is -2.65. The van der Waals surface area contributed by atoms with Gasteiger partial charge in [-0.2, -0.15) is 0 Å². The number of ether oxygens (including phenoxy) is 3.